The Labute approximate surface area is 537 Å². The molecule has 17 nitrogen and oxygen atoms in total. The van der Waals surface area contributed by atoms with Crippen molar-refractivity contribution in [1.82, 2.24) is 0 Å². The van der Waals surface area contributed by atoms with Gasteiger partial charge in [-0.2, -0.15) is 0 Å². The Bertz CT molecular complexity index is 1720. The van der Waals surface area contributed by atoms with E-state index in [4.69, 9.17) is 37.0 Å². The molecule has 0 aromatic carbocycles. The Morgan fingerprint density at radius 2 is 0.523 bits per heavy atom. The lowest BCUT2D eigenvalue weighted by molar-refractivity contribution is -0.161. The van der Waals surface area contributed by atoms with E-state index in [1.165, 1.54) is 167 Å². The van der Waals surface area contributed by atoms with Crippen molar-refractivity contribution in [2.24, 2.45) is 11.8 Å². The summed E-state index contributed by atoms with van der Waals surface area (Å²) in [6.45, 7) is 9.41. The Morgan fingerprint density at radius 1 is 0.307 bits per heavy atom. The fraction of sp³-hybridized carbons (Fsp3) is 0.942. The number of phosphoric ester groups is 2. The van der Waals surface area contributed by atoms with E-state index in [1.54, 1.807) is 0 Å². The molecule has 88 heavy (non-hydrogen) atoms. The van der Waals surface area contributed by atoms with Crippen molar-refractivity contribution in [2.75, 3.05) is 39.6 Å². The van der Waals surface area contributed by atoms with Gasteiger partial charge in [0.1, 0.15) is 19.3 Å². The molecule has 0 aliphatic heterocycles. The molecule has 0 bridgehead atoms. The van der Waals surface area contributed by atoms with Crippen LogP contribution in [0.2, 0.25) is 0 Å². The van der Waals surface area contributed by atoms with Gasteiger partial charge in [0.15, 0.2) is 12.2 Å². The quantitative estimate of drug-likeness (QED) is 0.0222. The standard InChI is InChI=1S/C69H134O17P2/c1-7-9-11-13-15-17-18-19-20-21-22-23-24-25-29-34-41-47-53-68(73)85-64(57-80-67(72)52-46-40-33-30-26-28-31-37-43-49-61(3)4)59-83-87(75,76)81-55-63(70)56-82-88(77,78)84-60-65(86-69(74)54-48-42-36-35-38-44-50-62(5)6)58-79-66(71)51-45-39-32-27-16-14-12-10-8-2/h61-65,70H,7-60H2,1-6H3,(H,75,76)(H,77,78)/t63-,64-,65-/m1/s1. The smallest absolute Gasteiger partial charge is 0.462 e. The molecule has 0 fully saturated rings. The summed E-state index contributed by atoms with van der Waals surface area (Å²) in [5.74, 6) is -0.718. The normalized spacial score (nSPS) is 14.2. The molecule has 5 atom stereocenters. The maximum Gasteiger partial charge on any atom is 0.472 e. The lowest BCUT2D eigenvalue weighted by Gasteiger charge is -2.21. The summed E-state index contributed by atoms with van der Waals surface area (Å²) in [5.41, 5.74) is 0. The van der Waals surface area contributed by atoms with Gasteiger partial charge in [0, 0.05) is 25.7 Å². The van der Waals surface area contributed by atoms with Crippen molar-refractivity contribution < 1.29 is 80.2 Å². The van der Waals surface area contributed by atoms with Gasteiger partial charge in [-0.05, 0) is 37.5 Å². The van der Waals surface area contributed by atoms with Gasteiger partial charge in [0.2, 0.25) is 0 Å². The zero-order valence-corrected chi connectivity index (χ0v) is 58.8. The molecule has 2 unspecified atom stereocenters. The highest BCUT2D eigenvalue weighted by Crippen LogP contribution is 2.45. The van der Waals surface area contributed by atoms with Crippen LogP contribution in [0.5, 0.6) is 0 Å². The molecule has 0 aliphatic carbocycles. The molecule has 0 saturated carbocycles. The van der Waals surface area contributed by atoms with Crippen LogP contribution >= 0.6 is 15.6 Å². The van der Waals surface area contributed by atoms with E-state index in [9.17, 15) is 43.2 Å². The molecular weight excluding hydrogens is 1160 g/mol. The Morgan fingerprint density at radius 3 is 0.773 bits per heavy atom. The summed E-state index contributed by atoms with van der Waals surface area (Å²) in [5, 5.41) is 10.6. The Balaban J connectivity index is 5.20. The van der Waals surface area contributed by atoms with E-state index in [0.29, 0.717) is 31.6 Å². The third kappa shape index (κ3) is 62.8. The average molecular weight is 1300 g/mol. The summed E-state index contributed by atoms with van der Waals surface area (Å²) < 4.78 is 68.1. The molecule has 0 radical (unpaired) electrons. The predicted molar refractivity (Wildman–Crippen MR) is 354 cm³/mol. The molecule has 19 heteroatoms. The summed E-state index contributed by atoms with van der Waals surface area (Å²) in [7, 11) is -9.89. The van der Waals surface area contributed by atoms with Crippen LogP contribution in [0.1, 0.15) is 350 Å². The molecule has 0 spiro atoms. The number of phosphoric acid groups is 2. The minimum Gasteiger partial charge on any atom is -0.462 e. The van der Waals surface area contributed by atoms with E-state index in [-0.39, 0.29) is 25.7 Å². The van der Waals surface area contributed by atoms with Gasteiger partial charge in [-0.15, -0.1) is 0 Å². The van der Waals surface area contributed by atoms with Gasteiger partial charge in [-0.1, -0.05) is 298 Å². The number of hydrogen-bond acceptors (Lipinski definition) is 15. The summed E-state index contributed by atoms with van der Waals surface area (Å²) in [6.07, 6.45) is 46.1. The minimum atomic E-state index is -4.95. The summed E-state index contributed by atoms with van der Waals surface area (Å²) in [6, 6.07) is 0. The first-order valence-electron chi connectivity index (χ1n) is 36.0. The zero-order valence-electron chi connectivity index (χ0n) is 57.0. The summed E-state index contributed by atoms with van der Waals surface area (Å²) in [4.78, 5) is 72.4. The largest absolute Gasteiger partial charge is 0.472 e. The van der Waals surface area contributed by atoms with Crippen LogP contribution < -0.4 is 0 Å². The Kier molecular flexibility index (Phi) is 59.9. The third-order valence-corrected chi connectivity index (χ3v) is 17.9. The van der Waals surface area contributed by atoms with Crippen molar-refractivity contribution in [3.63, 3.8) is 0 Å². The number of aliphatic hydroxyl groups is 1. The van der Waals surface area contributed by atoms with Gasteiger partial charge in [-0.25, -0.2) is 9.13 Å². The van der Waals surface area contributed by atoms with E-state index >= 15 is 0 Å². The second-order valence-corrected chi connectivity index (χ2v) is 28.8. The van der Waals surface area contributed by atoms with Gasteiger partial charge in [-0.3, -0.25) is 37.3 Å². The number of rotatable bonds is 68. The number of ether oxygens (including phenoxy) is 4. The highest BCUT2D eigenvalue weighted by molar-refractivity contribution is 7.47. The van der Waals surface area contributed by atoms with Crippen LogP contribution in [-0.4, -0.2) is 96.7 Å². The van der Waals surface area contributed by atoms with Crippen LogP contribution in [0.25, 0.3) is 0 Å². The first-order chi connectivity index (χ1) is 42.4. The van der Waals surface area contributed by atoms with E-state index in [1.807, 2.05) is 0 Å². The van der Waals surface area contributed by atoms with Crippen molar-refractivity contribution in [2.45, 2.75) is 368 Å². The lowest BCUT2D eigenvalue weighted by atomic mass is 10.0. The van der Waals surface area contributed by atoms with Crippen LogP contribution in [-0.2, 0) is 65.4 Å². The fourth-order valence-corrected chi connectivity index (χ4v) is 12.0. The molecule has 0 rings (SSSR count). The Hall–Kier alpha value is -1.94. The lowest BCUT2D eigenvalue weighted by Crippen LogP contribution is -2.30. The van der Waals surface area contributed by atoms with Crippen molar-refractivity contribution in [3.8, 4) is 0 Å². The average Bonchev–Trinajstić information content (AvgIpc) is 3.69. The maximum atomic E-state index is 13.0. The highest BCUT2D eigenvalue weighted by atomic mass is 31.2. The number of unbranched alkanes of at least 4 members (excludes halogenated alkanes) is 38. The third-order valence-electron chi connectivity index (χ3n) is 16.0. The highest BCUT2D eigenvalue weighted by Gasteiger charge is 2.30. The first-order valence-corrected chi connectivity index (χ1v) is 39.0. The number of aliphatic hydroxyl groups excluding tert-OH is 1. The van der Waals surface area contributed by atoms with Crippen LogP contribution in [0, 0.1) is 11.8 Å². The number of carbonyl (C=O) groups is 4. The molecule has 0 saturated heterocycles. The molecule has 0 heterocycles. The zero-order chi connectivity index (χ0) is 65.0. The molecule has 0 amide bonds. The van der Waals surface area contributed by atoms with Gasteiger partial charge in [0.05, 0.1) is 26.4 Å². The number of esters is 4. The fourth-order valence-electron chi connectivity index (χ4n) is 10.4. The summed E-state index contributed by atoms with van der Waals surface area (Å²) >= 11 is 0. The number of hydrogen-bond donors (Lipinski definition) is 3. The van der Waals surface area contributed by atoms with Crippen LogP contribution in [0.4, 0.5) is 0 Å². The monoisotopic (exact) mass is 1300 g/mol. The molecule has 3 N–H and O–H groups in total. The number of carbonyl (C=O) groups excluding carboxylic acids is 4. The maximum absolute atomic E-state index is 13.0. The second kappa shape index (κ2) is 61.3. The molecule has 522 valence electrons. The van der Waals surface area contributed by atoms with Gasteiger partial charge < -0.3 is 33.8 Å². The SMILES string of the molecule is CCCCCCCCCCCCCCCCCCCCC(=O)O[C@H](COC(=O)CCCCCCCCCCCC(C)C)COP(=O)(O)OC[C@@H](O)COP(=O)(O)OC[C@@H](COC(=O)CCCCCCCCCCC)OC(=O)CCCCCCCCC(C)C. The van der Waals surface area contributed by atoms with E-state index < -0.39 is 97.5 Å². The molecule has 0 aromatic rings. The van der Waals surface area contributed by atoms with Crippen LogP contribution in [0.3, 0.4) is 0 Å². The van der Waals surface area contributed by atoms with E-state index in [2.05, 4.69) is 41.5 Å². The molecule has 0 aliphatic rings. The minimum absolute atomic E-state index is 0.102. The van der Waals surface area contributed by atoms with E-state index in [0.717, 1.165) is 95.8 Å². The van der Waals surface area contributed by atoms with Crippen molar-refractivity contribution in [1.29, 1.82) is 0 Å². The van der Waals surface area contributed by atoms with Crippen molar-refractivity contribution in [3.05, 3.63) is 0 Å². The first kappa shape index (κ1) is 86.1. The topological polar surface area (TPSA) is 237 Å². The molecule has 0 aromatic heterocycles. The predicted octanol–water partition coefficient (Wildman–Crippen LogP) is 19.6. The van der Waals surface area contributed by atoms with Gasteiger partial charge >= 0.3 is 39.5 Å². The molecular formula is C69H134O17P2. The van der Waals surface area contributed by atoms with Crippen molar-refractivity contribution >= 4 is 39.5 Å². The second-order valence-electron chi connectivity index (χ2n) is 25.9. The van der Waals surface area contributed by atoms with Crippen LogP contribution in [0.15, 0.2) is 0 Å². The van der Waals surface area contributed by atoms with Gasteiger partial charge in [0.25, 0.3) is 0 Å².